The van der Waals surface area contributed by atoms with Crippen LogP contribution in [0.25, 0.3) is 0 Å². The van der Waals surface area contributed by atoms with Gasteiger partial charge in [0.1, 0.15) is 0 Å². The fourth-order valence-electron chi connectivity index (χ4n) is 1.17. The molecule has 0 fully saturated rings. The minimum atomic E-state index is -0.505. The summed E-state index contributed by atoms with van der Waals surface area (Å²) in [5, 5.41) is 21.2. The van der Waals surface area contributed by atoms with Gasteiger partial charge in [-0.2, -0.15) is 0 Å². The number of carbonyl (C=O) groups excluding carboxylic acids is 1. The Morgan fingerprint density at radius 1 is 1.38 bits per heavy atom. The first-order chi connectivity index (χ1) is 7.59. The van der Waals surface area contributed by atoms with Crippen LogP contribution in [-0.2, 0) is 11.2 Å². The van der Waals surface area contributed by atoms with Crippen molar-refractivity contribution < 1.29 is 15.0 Å². The molecule has 5 heteroatoms. The van der Waals surface area contributed by atoms with Gasteiger partial charge in [-0.25, -0.2) is 0 Å². The van der Waals surface area contributed by atoms with Crippen LogP contribution in [0.15, 0.2) is 30.5 Å². The van der Waals surface area contributed by atoms with Crippen molar-refractivity contribution in [3.8, 4) is 11.5 Å². The lowest BCUT2D eigenvalue weighted by atomic mass is 10.1. The van der Waals surface area contributed by atoms with E-state index in [2.05, 4.69) is 5.32 Å². The van der Waals surface area contributed by atoms with Gasteiger partial charge < -0.3 is 21.3 Å². The SMILES string of the molecule is NC(=O)C=CNCCc1ccc(O)c(O)c1. The minimum Gasteiger partial charge on any atom is -0.504 e. The van der Waals surface area contributed by atoms with E-state index in [1.54, 1.807) is 6.07 Å². The van der Waals surface area contributed by atoms with Crippen LogP contribution >= 0.6 is 0 Å². The smallest absolute Gasteiger partial charge is 0.242 e. The van der Waals surface area contributed by atoms with Crippen LogP contribution in [-0.4, -0.2) is 22.7 Å². The average Bonchev–Trinajstić information content (AvgIpc) is 2.22. The van der Waals surface area contributed by atoms with E-state index in [0.717, 1.165) is 5.56 Å². The summed E-state index contributed by atoms with van der Waals surface area (Å²) in [4.78, 5) is 10.3. The number of amides is 1. The van der Waals surface area contributed by atoms with E-state index in [1.807, 2.05) is 0 Å². The van der Waals surface area contributed by atoms with Crippen molar-refractivity contribution in [2.45, 2.75) is 6.42 Å². The van der Waals surface area contributed by atoms with Gasteiger partial charge >= 0.3 is 0 Å². The lowest BCUT2D eigenvalue weighted by Crippen LogP contribution is -2.12. The average molecular weight is 222 g/mol. The Kier molecular flexibility index (Phi) is 4.20. The summed E-state index contributed by atoms with van der Waals surface area (Å²) >= 11 is 0. The molecule has 0 saturated carbocycles. The summed E-state index contributed by atoms with van der Waals surface area (Å²) in [7, 11) is 0. The number of phenolic OH excluding ortho intramolecular Hbond substituents is 2. The van der Waals surface area contributed by atoms with Gasteiger partial charge in [-0.05, 0) is 24.1 Å². The second-order valence-corrected chi connectivity index (χ2v) is 3.26. The van der Waals surface area contributed by atoms with Crippen molar-refractivity contribution in [3.05, 3.63) is 36.0 Å². The van der Waals surface area contributed by atoms with Gasteiger partial charge in [0, 0.05) is 18.8 Å². The molecule has 0 aliphatic heterocycles. The van der Waals surface area contributed by atoms with Crippen LogP contribution in [0.4, 0.5) is 0 Å². The molecule has 16 heavy (non-hydrogen) atoms. The predicted molar refractivity (Wildman–Crippen MR) is 59.8 cm³/mol. The normalized spacial score (nSPS) is 10.5. The molecule has 0 atom stereocenters. The van der Waals surface area contributed by atoms with Gasteiger partial charge in [0.2, 0.25) is 5.91 Å². The third kappa shape index (κ3) is 3.91. The van der Waals surface area contributed by atoms with Crippen molar-refractivity contribution in [2.24, 2.45) is 5.73 Å². The van der Waals surface area contributed by atoms with E-state index < -0.39 is 5.91 Å². The van der Waals surface area contributed by atoms with Crippen LogP contribution in [0.5, 0.6) is 11.5 Å². The first-order valence-corrected chi connectivity index (χ1v) is 4.80. The van der Waals surface area contributed by atoms with Crippen molar-refractivity contribution >= 4 is 5.91 Å². The standard InChI is InChI=1S/C11H14N2O3/c12-11(16)4-6-13-5-3-8-1-2-9(14)10(15)7-8/h1-2,4,6-7,13-15H,3,5H2,(H2,12,16). The van der Waals surface area contributed by atoms with Gasteiger partial charge in [-0.3, -0.25) is 4.79 Å². The molecule has 1 rings (SSSR count). The number of hydrogen-bond acceptors (Lipinski definition) is 4. The number of primary amides is 1. The maximum atomic E-state index is 10.3. The second-order valence-electron chi connectivity index (χ2n) is 3.26. The summed E-state index contributed by atoms with van der Waals surface area (Å²) in [5.74, 6) is -0.773. The number of phenols is 2. The molecule has 0 aliphatic carbocycles. The summed E-state index contributed by atoms with van der Waals surface area (Å²) in [6.45, 7) is 0.605. The summed E-state index contributed by atoms with van der Waals surface area (Å²) in [6.07, 6.45) is 3.37. The Hall–Kier alpha value is -2.17. The fraction of sp³-hybridized carbons (Fsp3) is 0.182. The van der Waals surface area contributed by atoms with Gasteiger partial charge in [-0.1, -0.05) is 6.07 Å². The Balaban J connectivity index is 2.37. The van der Waals surface area contributed by atoms with Crippen molar-refractivity contribution in [1.82, 2.24) is 5.32 Å². The first kappa shape index (κ1) is 11.9. The van der Waals surface area contributed by atoms with E-state index in [1.165, 1.54) is 24.4 Å². The molecule has 86 valence electrons. The second kappa shape index (κ2) is 5.65. The number of nitrogens with two attached hydrogens (primary N) is 1. The molecule has 5 nitrogen and oxygen atoms in total. The molecule has 0 aliphatic rings. The molecular formula is C11H14N2O3. The number of aromatic hydroxyl groups is 2. The van der Waals surface area contributed by atoms with Crippen LogP contribution in [0.1, 0.15) is 5.56 Å². The van der Waals surface area contributed by atoms with E-state index in [9.17, 15) is 9.90 Å². The lowest BCUT2D eigenvalue weighted by molar-refractivity contribution is -0.113. The predicted octanol–water partition coefficient (Wildman–Crippen LogP) is 0.229. The zero-order chi connectivity index (χ0) is 12.0. The highest BCUT2D eigenvalue weighted by atomic mass is 16.3. The highest BCUT2D eigenvalue weighted by Crippen LogP contribution is 2.24. The van der Waals surface area contributed by atoms with Crippen molar-refractivity contribution in [1.29, 1.82) is 0 Å². The largest absolute Gasteiger partial charge is 0.504 e. The molecule has 0 spiro atoms. The van der Waals surface area contributed by atoms with Crippen LogP contribution in [0.2, 0.25) is 0 Å². The number of hydrogen-bond donors (Lipinski definition) is 4. The summed E-state index contributed by atoms with van der Waals surface area (Å²) in [6, 6.07) is 4.65. The zero-order valence-electron chi connectivity index (χ0n) is 8.68. The van der Waals surface area contributed by atoms with Crippen LogP contribution in [0.3, 0.4) is 0 Å². The molecule has 0 bridgehead atoms. The third-order valence-electron chi connectivity index (χ3n) is 1.96. The molecule has 1 amide bonds. The molecule has 0 unspecified atom stereocenters. The van der Waals surface area contributed by atoms with Gasteiger partial charge in [-0.15, -0.1) is 0 Å². The monoisotopic (exact) mass is 222 g/mol. The van der Waals surface area contributed by atoms with Crippen LogP contribution in [0, 0.1) is 0 Å². The first-order valence-electron chi connectivity index (χ1n) is 4.80. The molecule has 0 heterocycles. The molecule has 5 N–H and O–H groups in total. The topological polar surface area (TPSA) is 95.6 Å². The maximum Gasteiger partial charge on any atom is 0.242 e. The van der Waals surface area contributed by atoms with Crippen molar-refractivity contribution in [2.75, 3.05) is 6.54 Å². The summed E-state index contributed by atoms with van der Waals surface area (Å²) < 4.78 is 0. The zero-order valence-corrected chi connectivity index (χ0v) is 8.68. The van der Waals surface area contributed by atoms with E-state index in [0.29, 0.717) is 13.0 Å². The Labute approximate surface area is 93.2 Å². The minimum absolute atomic E-state index is 0.134. The molecule has 0 radical (unpaired) electrons. The van der Waals surface area contributed by atoms with Gasteiger partial charge in [0.15, 0.2) is 11.5 Å². The van der Waals surface area contributed by atoms with Gasteiger partial charge in [0.25, 0.3) is 0 Å². The summed E-state index contributed by atoms with van der Waals surface area (Å²) in [5.41, 5.74) is 5.78. The van der Waals surface area contributed by atoms with E-state index in [4.69, 9.17) is 10.8 Å². The highest BCUT2D eigenvalue weighted by Gasteiger charge is 1.99. The molecule has 0 aromatic heterocycles. The Morgan fingerprint density at radius 2 is 2.12 bits per heavy atom. The Bertz CT molecular complexity index is 402. The molecule has 0 saturated heterocycles. The number of benzene rings is 1. The van der Waals surface area contributed by atoms with Gasteiger partial charge in [0.05, 0.1) is 0 Å². The molecular weight excluding hydrogens is 208 g/mol. The molecule has 1 aromatic rings. The quantitative estimate of drug-likeness (QED) is 0.326. The number of rotatable bonds is 5. The van der Waals surface area contributed by atoms with Crippen molar-refractivity contribution in [3.63, 3.8) is 0 Å². The maximum absolute atomic E-state index is 10.3. The fourth-order valence-corrected chi connectivity index (χ4v) is 1.17. The number of nitrogens with one attached hydrogen (secondary N) is 1. The lowest BCUT2D eigenvalue weighted by Gasteiger charge is -2.03. The van der Waals surface area contributed by atoms with Crippen LogP contribution < -0.4 is 11.1 Å². The Morgan fingerprint density at radius 3 is 2.75 bits per heavy atom. The third-order valence-corrected chi connectivity index (χ3v) is 1.96. The molecule has 1 aromatic carbocycles. The highest BCUT2D eigenvalue weighted by molar-refractivity contribution is 5.85. The number of carbonyl (C=O) groups is 1. The van der Waals surface area contributed by atoms with E-state index >= 15 is 0 Å². The van der Waals surface area contributed by atoms with E-state index in [-0.39, 0.29) is 11.5 Å².